The van der Waals surface area contributed by atoms with Crippen molar-refractivity contribution in [2.75, 3.05) is 31.6 Å². The summed E-state index contributed by atoms with van der Waals surface area (Å²) in [6.07, 6.45) is 9.04. The van der Waals surface area contributed by atoms with Gasteiger partial charge >= 0.3 is 0 Å². The molecular weight excluding hydrogens is 364 g/mol. The minimum Gasteiger partial charge on any atom is -0.348 e. The number of aromatic nitrogens is 1. The molecule has 2 aliphatic carbocycles. The van der Waals surface area contributed by atoms with Gasteiger partial charge in [0.25, 0.3) is 0 Å². The fourth-order valence-electron chi connectivity index (χ4n) is 5.48. The third kappa shape index (κ3) is 3.13. The molecule has 0 amide bonds. The molecule has 1 N–H and O–H groups in total. The molecular formula is C23H32N4S. The van der Waals surface area contributed by atoms with E-state index in [9.17, 15) is 0 Å². The summed E-state index contributed by atoms with van der Waals surface area (Å²) in [5, 5.41) is 2.29. The van der Waals surface area contributed by atoms with Crippen LogP contribution >= 0.6 is 12.2 Å². The highest BCUT2D eigenvalue weighted by molar-refractivity contribution is 7.80. The lowest BCUT2D eigenvalue weighted by Crippen LogP contribution is -2.47. The van der Waals surface area contributed by atoms with E-state index in [1.165, 1.54) is 61.7 Å². The van der Waals surface area contributed by atoms with E-state index in [-0.39, 0.29) is 0 Å². The molecule has 2 fully saturated rings. The van der Waals surface area contributed by atoms with Crippen LogP contribution in [0.25, 0.3) is 10.9 Å². The van der Waals surface area contributed by atoms with Gasteiger partial charge in [-0.2, -0.15) is 0 Å². The fraction of sp³-hybridized carbons (Fsp3) is 0.609. The quantitative estimate of drug-likeness (QED) is 0.760. The molecule has 2 atom stereocenters. The number of nitrogens with one attached hydrogen (secondary N) is 1. The number of piperidine rings is 1. The van der Waals surface area contributed by atoms with Crippen LogP contribution in [0.3, 0.4) is 0 Å². The van der Waals surface area contributed by atoms with E-state index < -0.39 is 0 Å². The standard InChI is InChI=1S/C23H32N4S/c1-3-25(4-2)23(28)24-27-15-17-13-21-18(19-7-5-9-20(27)22(17)19)8-6-12-26(21)14-16-10-11-16/h5,7,9,15-16,18,21H,3-4,6,8,10-14H2,1-2H3,(H,24,28)/t18-,21-/m1/s1. The average molecular weight is 397 g/mol. The molecule has 1 saturated carbocycles. The van der Waals surface area contributed by atoms with Gasteiger partial charge in [0.15, 0.2) is 5.11 Å². The molecule has 28 heavy (non-hydrogen) atoms. The molecule has 1 aromatic heterocycles. The summed E-state index contributed by atoms with van der Waals surface area (Å²) >= 11 is 5.67. The van der Waals surface area contributed by atoms with Crippen LogP contribution in [0.5, 0.6) is 0 Å². The summed E-state index contributed by atoms with van der Waals surface area (Å²) in [6.45, 7) is 8.77. The first-order chi connectivity index (χ1) is 13.7. The smallest absolute Gasteiger partial charge is 0.188 e. The van der Waals surface area contributed by atoms with Crippen LogP contribution in [0.4, 0.5) is 0 Å². The topological polar surface area (TPSA) is 23.4 Å². The molecule has 2 heterocycles. The zero-order chi connectivity index (χ0) is 19.3. The summed E-state index contributed by atoms with van der Waals surface area (Å²) < 4.78 is 2.18. The number of rotatable bonds is 5. The number of benzene rings is 1. The first kappa shape index (κ1) is 18.4. The fourth-order valence-corrected chi connectivity index (χ4v) is 5.84. The second kappa shape index (κ2) is 7.34. The van der Waals surface area contributed by atoms with E-state index in [1.54, 1.807) is 5.56 Å². The normalized spacial score (nSPS) is 24.2. The van der Waals surface area contributed by atoms with E-state index in [2.05, 4.69) is 58.1 Å². The van der Waals surface area contributed by atoms with E-state index in [4.69, 9.17) is 12.2 Å². The third-order valence-corrected chi connectivity index (χ3v) is 7.47. The molecule has 5 rings (SSSR count). The second-order valence-electron chi connectivity index (χ2n) is 8.81. The van der Waals surface area contributed by atoms with Crippen molar-refractivity contribution < 1.29 is 0 Å². The number of nitrogens with zero attached hydrogens (tertiary/aromatic N) is 3. The molecule has 0 bridgehead atoms. The van der Waals surface area contributed by atoms with Crippen molar-refractivity contribution in [2.45, 2.75) is 57.9 Å². The summed E-state index contributed by atoms with van der Waals surface area (Å²) in [5.74, 6) is 1.66. The average Bonchev–Trinajstić information content (AvgIpc) is 3.46. The number of likely N-dealkylation sites (tertiary alicyclic amines) is 1. The number of thiocarbonyl (C=S) groups is 1. The highest BCUT2D eigenvalue weighted by atomic mass is 32.1. The number of hydrogen-bond donors (Lipinski definition) is 1. The van der Waals surface area contributed by atoms with Gasteiger partial charge in [0.2, 0.25) is 0 Å². The molecule has 150 valence electrons. The van der Waals surface area contributed by atoms with Crippen molar-refractivity contribution in [1.29, 1.82) is 0 Å². The zero-order valence-corrected chi connectivity index (χ0v) is 18.0. The van der Waals surface area contributed by atoms with Gasteiger partial charge in [0, 0.05) is 43.2 Å². The Morgan fingerprint density at radius 2 is 2.04 bits per heavy atom. The Hall–Kier alpha value is -1.59. The highest BCUT2D eigenvalue weighted by Gasteiger charge is 2.39. The molecule has 4 nitrogen and oxygen atoms in total. The summed E-state index contributed by atoms with van der Waals surface area (Å²) in [5.41, 5.74) is 7.83. The van der Waals surface area contributed by atoms with Crippen molar-refractivity contribution >= 4 is 28.2 Å². The van der Waals surface area contributed by atoms with Gasteiger partial charge in [0.1, 0.15) is 0 Å². The van der Waals surface area contributed by atoms with E-state index in [0.29, 0.717) is 12.0 Å². The first-order valence-corrected chi connectivity index (χ1v) is 11.5. The Kier molecular flexibility index (Phi) is 4.84. The molecule has 0 unspecified atom stereocenters. The maximum Gasteiger partial charge on any atom is 0.188 e. The van der Waals surface area contributed by atoms with Gasteiger partial charge in [-0.3, -0.25) is 15.0 Å². The molecule has 3 aliphatic rings. The molecule has 1 aliphatic heterocycles. The molecule has 5 heteroatoms. The van der Waals surface area contributed by atoms with Gasteiger partial charge in [-0.15, -0.1) is 0 Å². The molecule has 1 aromatic carbocycles. The van der Waals surface area contributed by atoms with Crippen LogP contribution in [-0.2, 0) is 6.42 Å². The van der Waals surface area contributed by atoms with Crippen LogP contribution in [0.1, 0.15) is 56.6 Å². The molecule has 0 spiro atoms. The minimum atomic E-state index is 0.679. The summed E-state index contributed by atoms with van der Waals surface area (Å²) in [6, 6.07) is 7.54. The molecule has 0 radical (unpaired) electrons. The highest BCUT2D eigenvalue weighted by Crippen LogP contribution is 2.45. The zero-order valence-electron chi connectivity index (χ0n) is 17.2. The van der Waals surface area contributed by atoms with Crippen LogP contribution in [0.2, 0.25) is 0 Å². The van der Waals surface area contributed by atoms with Crippen molar-refractivity contribution in [3.63, 3.8) is 0 Å². The Morgan fingerprint density at radius 3 is 2.79 bits per heavy atom. The Bertz CT molecular complexity index is 880. The number of hydrogen-bond acceptors (Lipinski definition) is 2. The first-order valence-electron chi connectivity index (χ1n) is 11.1. The Morgan fingerprint density at radius 1 is 1.21 bits per heavy atom. The van der Waals surface area contributed by atoms with Crippen molar-refractivity contribution in [1.82, 2.24) is 14.5 Å². The van der Waals surface area contributed by atoms with Gasteiger partial charge in [-0.25, -0.2) is 0 Å². The maximum absolute atomic E-state index is 5.67. The van der Waals surface area contributed by atoms with Crippen LogP contribution in [-0.4, -0.2) is 51.8 Å². The van der Waals surface area contributed by atoms with Gasteiger partial charge in [-0.1, -0.05) is 12.1 Å². The Balaban J connectivity index is 1.49. The van der Waals surface area contributed by atoms with Crippen LogP contribution < -0.4 is 5.43 Å². The van der Waals surface area contributed by atoms with E-state index >= 15 is 0 Å². The second-order valence-corrected chi connectivity index (χ2v) is 9.20. The summed E-state index contributed by atoms with van der Waals surface area (Å²) in [4.78, 5) is 5.01. The number of fused-ring (bicyclic) bond motifs is 2. The van der Waals surface area contributed by atoms with Gasteiger partial charge < -0.3 is 4.90 Å². The largest absolute Gasteiger partial charge is 0.348 e. The monoisotopic (exact) mass is 396 g/mol. The maximum atomic E-state index is 5.67. The molecule has 1 saturated heterocycles. The van der Waals surface area contributed by atoms with Gasteiger partial charge in [-0.05, 0) is 87.8 Å². The van der Waals surface area contributed by atoms with Crippen molar-refractivity contribution in [2.24, 2.45) is 5.92 Å². The predicted octanol–water partition coefficient (Wildman–Crippen LogP) is 4.33. The van der Waals surface area contributed by atoms with Crippen molar-refractivity contribution in [3.05, 3.63) is 35.5 Å². The Labute approximate surface area is 173 Å². The lowest BCUT2D eigenvalue weighted by molar-refractivity contribution is 0.118. The SMILES string of the molecule is CCN(CC)C(=S)Nn1cc2c3c(cccc31)[C@H]1CCCN(CC3CC3)[C@@H]1C2. The van der Waals surface area contributed by atoms with Gasteiger partial charge in [0.05, 0.1) is 5.52 Å². The van der Waals surface area contributed by atoms with Crippen molar-refractivity contribution in [3.8, 4) is 0 Å². The molecule has 2 aromatic rings. The van der Waals surface area contributed by atoms with E-state index in [1.807, 2.05) is 0 Å². The minimum absolute atomic E-state index is 0.679. The lowest BCUT2D eigenvalue weighted by Gasteiger charge is -2.44. The van der Waals surface area contributed by atoms with Crippen LogP contribution in [0, 0.1) is 5.92 Å². The third-order valence-electron chi connectivity index (χ3n) is 7.12. The van der Waals surface area contributed by atoms with Crippen LogP contribution in [0.15, 0.2) is 24.4 Å². The van der Waals surface area contributed by atoms with E-state index in [0.717, 1.165) is 24.1 Å². The predicted molar refractivity (Wildman–Crippen MR) is 121 cm³/mol. The lowest BCUT2D eigenvalue weighted by atomic mass is 9.75. The summed E-state index contributed by atoms with van der Waals surface area (Å²) in [7, 11) is 0.